The van der Waals surface area contributed by atoms with Gasteiger partial charge in [0.05, 0.1) is 6.54 Å². The van der Waals surface area contributed by atoms with Gasteiger partial charge in [-0.05, 0) is 30.0 Å². The summed E-state index contributed by atoms with van der Waals surface area (Å²) < 4.78 is 1.90. The lowest BCUT2D eigenvalue weighted by molar-refractivity contribution is -0.127. The first-order chi connectivity index (χ1) is 13.1. The maximum Gasteiger partial charge on any atom is 0.241 e. The van der Waals surface area contributed by atoms with Crippen LogP contribution in [0.3, 0.4) is 0 Å². The number of halogens is 1. The molecule has 3 rings (SSSR count). The number of thiophene rings is 1. The van der Waals surface area contributed by atoms with E-state index in [9.17, 15) is 4.79 Å². The van der Waals surface area contributed by atoms with Gasteiger partial charge in [0.25, 0.3) is 0 Å². The van der Waals surface area contributed by atoms with E-state index in [1.54, 1.807) is 30.3 Å². The summed E-state index contributed by atoms with van der Waals surface area (Å²) in [5.74, 6) is 1.30. The SMILES string of the molecule is CN(C)C(=O)CNC(=NCc1nnc2ccccn12)NCCc1cccs1.I. The summed E-state index contributed by atoms with van der Waals surface area (Å²) in [7, 11) is 3.46. The van der Waals surface area contributed by atoms with Crippen LogP contribution in [-0.4, -0.2) is 58.5 Å². The van der Waals surface area contributed by atoms with Crippen LogP contribution in [0.2, 0.25) is 0 Å². The highest BCUT2D eigenvalue weighted by Gasteiger charge is 2.08. The Hall–Kier alpha value is -2.21. The van der Waals surface area contributed by atoms with Crippen LogP contribution >= 0.6 is 35.3 Å². The number of nitrogens with one attached hydrogen (secondary N) is 2. The maximum absolute atomic E-state index is 11.9. The fourth-order valence-corrected chi connectivity index (χ4v) is 3.11. The molecule has 0 atom stereocenters. The number of likely N-dealkylation sites (N-methyl/N-ethyl adjacent to an activating group) is 1. The number of pyridine rings is 1. The number of carbonyl (C=O) groups excluding carboxylic acids is 1. The lowest BCUT2D eigenvalue weighted by atomic mass is 10.3. The molecule has 0 aliphatic heterocycles. The molecule has 3 heterocycles. The first kappa shape index (κ1) is 22.1. The Morgan fingerprint density at radius 1 is 1.21 bits per heavy atom. The van der Waals surface area contributed by atoms with Crippen molar-refractivity contribution in [3.8, 4) is 0 Å². The van der Waals surface area contributed by atoms with Crippen molar-refractivity contribution in [2.24, 2.45) is 4.99 Å². The predicted octanol–water partition coefficient (Wildman–Crippen LogP) is 1.77. The number of nitrogens with zero attached hydrogens (tertiary/aromatic N) is 5. The highest BCUT2D eigenvalue weighted by molar-refractivity contribution is 14.0. The van der Waals surface area contributed by atoms with Crippen molar-refractivity contribution in [3.63, 3.8) is 0 Å². The zero-order valence-electron chi connectivity index (χ0n) is 15.8. The van der Waals surface area contributed by atoms with Crippen LogP contribution in [-0.2, 0) is 17.8 Å². The van der Waals surface area contributed by atoms with Gasteiger partial charge in [-0.15, -0.1) is 45.5 Å². The van der Waals surface area contributed by atoms with Crippen LogP contribution in [0.15, 0.2) is 46.9 Å². The molecule has 0 bridgehead atoms. The predicted molar refractivity (Wildman–Crippen MR) is 122 cm³/mol. The molecule has 0 saturated heterocycles. The first-order valence-electron chi connectivity index (χ1n) is 8.67. The van der Waals surface area contributed by atoms with Crippen molar-refractivity contribution in [2.75, 3.05) is 27.2 Å². The third-order valence-corrected chi connectivity index (χ3v) is 4.85. The fourth-order valence-electron chi connectivity index (χ4n) is 2.40. The summed E-state index contributed by atoms with van der Waals surface area (Å²) in [6.07, 6.45) is 2.81. The van der Waals surface area contributed by atoms with E-state index in [0.29, 0.717) is 12.5 Å². The van der Waals surface area contributed by atoms with Gasteiger partial charge in [0.15, 0.2) is 17.4 Å². The highest BCUT2D eigenvalue weighted by Crippen LogP contribution is 2.08. The molecule has 10 heteroatoms. The van der Waals surface area contributed by atoms with Crippen molar-refractivity contribution in [2.45, 2.75) is 13.0 Å². The molecule has 0 radical (unpaired) electrons. The number of aliphatic imine (C=N–C) groups is 1. The molecule has 0 aliphatic carbocycles. The van der Waals surface area contributed by atoms with Gasteiger partial charge in [0.1, 0.15) is 6.54 Å². The molecule has 0 unspecified atom stereocenters. The molecule has 3 aromatic rings. The Bertz CT molecular complexity index is 908. The van der Waals surface area contributed by atoms with E-state index in [2.05, 4.69) is 37.3 Å². The fraction of sp³-hybridized carbons (Fsp3) is 0.333. The van der Waals surface area contributed by atoms with Crippen LogP contribution in [0, 0.1) is 0 Å². The largest absolute Gasteiger partial charge is 0.356 e. The molecule has 1 amide bonds. The van der Waals surface area contributed by atoms with E-state index in [4.69, 9.17) is 0 Å². The molecule has 150 valence electrons. The third kappa shape index (κ3) is 6.16. The van der Waals surface area contributed by atoms with Crippen LogP contribution in [0.25, 0.3) is 5.65 Å². The zero-order valence-corrected chi connectivity index (χ0v) is 19.0. The van der Waals surface area contributed by atoms with Gasteiger partial charge >= 0.3 is 0 Å². The Balaban J connectivity index is 0.00000280. The number of hydrogen-bond acceptors (Lipinski definition) is 5. The minimum Gasteiger partial charge on any atom is -0.356 e. The van der Waals surface area contributed by atoms with Crippen LogP contribution in [0.5, 0.6) is 0 Å². The summed E-state index contributed by atoms with van der Waals surface area (Å²) in [5.41, 5.74) is 0.783. The van der Waals surface area contributed by atoms with Crippen LogP contribution in [0.1, 0.15) is 10.7 Å². The summed E-state index contributed by atoms with van der Waals surface area (Å²) in [5, 5.41) is 16.8. The van der Waals surface area contributed by atoms with Gasteiger partial charge < -0.3 is 15.5 Å². The smallest absolute Gasteiger partial charge is 0.241 e. The van der Waals surface area contributed by atoms with Gasteiger partial charge in [0.2, 0.25) is 5.91 Å². The molecule has 2 N–H and O–H groups in total. The van der Waals surface area contributed by atoms with E-state index < -0.39 is 0 Å². The Kier molecular flexibility index (Phi) is 8.64. The summed E-state index contributed by atoms with van der Waals surface area (Å²) >= 11 is 1.73. The quantitative estimate of drug-likeness (QED) is 0.286. The number of amides is 1. The maximum atomic E-state index is 11.9. The van der Waals surface area contributed by atoms with Gasteiger partial charge in [-0.2, -0.15) is 0 Å². The summed E-state index contributed by atoms with van der Waals surface area (Å²) in [4.78, 5) is 19.3. The van der Waals surface area contributed by atoms with E-state index >= 15 is 0 Å². The molecule has 0 spiro atoms. The van der Waals surface area contributed by atoms with E-state index in [-0.39, 0.29) is 36.4 Å². The Morgan fingerprint density at radius 2 is 2.07 bits per heavy atom. The molecule has 0 aliphatic rings. The van der Waals surface area contributed by atoms with E-state index in [0.717, 1.165) is 24.4 Å². The topological polar surface area (TPSA) is 86.9 Å². The standard InChI is InChI=1S/C18H23N7OS.HI/c1-24(2)17(26)13-21-18(19-9-8-14-6-5-11-27-14)20-12-16-23-22-15-7-3-4-10-25(15)16;/h3-7,10-11H,8-9,12-13H2,1-2H3,(H2,19,20,21);1H. The Morgan fingerprint density at radius 3 is 2.82 bits per heavy atom. The minimum absolute atomic E-state index is 0. The lowest BCUT2D eigenvalue weighted by Crippen LogP contribution is -2.43. The first-order valence-corrected chi connectivity index (χ1v) is 9.55. The van der Waals surface area contributed by atoms with Crippen molar-refractivity contribution < 1.29 is 4.79 Å². The molecular weight excluding hydrogens is 489 g/mol. The number of hydrogen-bond donors (Lipinski definition) is 2. The monoisotopic (exact) mass is 513 g/mol. The Labute approximate surface area is 185 Å². The van der Waals surface area contributed by atoms with Gasteiger partial charge in [-0.25, -0.2) is 4.99 Å². The summed E-state index contributed by atoms with van der Waals surface area (Å²) in [6.45, 7) is 1.26. The molecule has 0 aromatic carbocycles. The lowest BCUT2D eigenvalue weighted by Gasteiger charge is -2.14. The minimum atomic E-state index is -0.0179. The molecule has 28 heavy (non-hydrogen) atoms. The van der Waals surface area contributed by atoms with Crippen molar-refractivity contribution in [3.05, 3.63) is 52.6 Å². The zero-order chi connectivity index (χ0) is 19.1. The molecule has 3 aromatic heterocycles. The highest BCUT2D eigenvalue weighted by atomic mass is 127. The molecule has 8 nitrogen and oxygen atoms in total. The van der Waals surface area contributed by atoms with Crippen molar-refractivity contribution in [1.82, 2.24) is 30.1 Å². The van der Waals surface area contributed by atoms with Gasteiger partial charge in [-0.3, -0.25) is 9.20 Å². The van der Waals surface area contributed by atoms with E-state index in [1.807, 2.05) is 34.9 Å². The van der Waals surface area contributed by atoms with Crippen molar-refractivity contribution >= 4 is 52.8 Å². The number of aromatic nitrogens is 3. The van der Waals surface area contributed by atoms with Crippen LogP contribution < -0.4 is 10.6 Å². The van der Waals surface area contributed by atoms with Gasteiger partial charge in [-0.1, -0.05) is 12.1 Å². The molecular formula is C18H24IN7OS. The number of carbonyl (C=O) groups is 1. The average molecular weight is 513 g/mol. The normalized spacial score (nSPS) is 11.1. The second-order valence-corrected chi connectivity index (χ2v) is 7.14. The number of rotatable bonds is 7. The third-order valence-electron chi connectivity index (χ3n) is 3.91. The van der Waals surface area contributed by atoms with Gasteiger partial charge in [0, 0.05) is 31.7 Å². The second-order valence-electron chi connectivity index (χ2n) is 6.11. The van der Waals surface area contributed by atoms with Crippen LogP contribution in [0.4, 0.5) is 0 Å². The second kappa shape index (κ2) is 11.0. The van der Waals surface area contributed by atoms with E-state index in [1.165, 1.54) is 4.88 Å². The number of fused-ring (bicyclic) bond motifs is 1. The number of guanidine groups is 1. The molecule has 0 saturated carbocycles. The summed E-state index contributed by atoms with van der Waals surface area (Å²) in [6, 6.07) is 9.89. The average Bonchev–Trinajstić information content (AvgIpc) is 3.33. The molecule has 0 fully saturated rings. The van der Waals surface area contributed by atoms with Crippen molar-refractivity contribution in [1.29, 1.82) is 0 Å².